The van der Waals surface area contributed by atoms with Gasteiger partial charge in [-0.15, -0.1) is 0 Å². The summed E-state index contributed by atoms with van der Waals surface area (Å²) in [7, 11) is 0. The predicted octanol–water partition coefficient (Wildman–Crippen LogP) is 4.02. The molecule has 0 heterocycles. The van der Waals surface area contributed by atoms with E-state index >= 15 is 0 Å². The monoisotopic (exact) mass is 442 g/mol. The van der Waals surface area contributed by atoms with Gasteiger partial charge in [-0.25, -0.2) is 4.79 Å². The highest BCUT2D eigenvalue weighted by Crippen LogP contribution is 2.34. The topological polar surface area (TPSA) is 85.2 Å². The van der Waals surface area contributed by atoms with Crippen LogP contribution in [-0.2, 0) is 14.9 Å². The highest BCUT2D eigenvalue weighted by Gasteiger charge is 2.31. The number of aliphatic hydroxyl groups is 2. The van der Waals surface area contributed by atoms with E-state index in [1.54, 1.807) is 19.9 Å². The molecule has 0 saturated heterocycles. The van der Waals surface area contributed by atoms with Crippen molar-refractivity contribution in [1.82, 2.24) is 0 Å². The van der Waals surface area contributed by atoms with E-state index in [-0.39, 0.29) is 25.8 Å². The van der Waals surface area contributed by atoms with Gasteiger partial charge < -0.3 is 24.4 Å². The smallest absolute Gasteiger partial charge is 0.333 e. The SMILES string of the molecule is CC=C(C)C(=O)OCC(C)(c1ccc(OCCCO)cc1)c1ccc(OCCCO)cc1. The second-order valence-electron chi connectivity index (χ2n) is 7.78. The molecular weight excluding hydrogens is 408 g/mol. The Morgan fingerprint density at radius 1 is 0.875 bits per heavy atom. The van der Waals surface area contributed by atoms with Crippen LogP contribution < -0.4 is 9.47 Å². The maximum Gasteiger partial charge on any atom is 0.333 e. The first-order chi connectivity index (χ1) is 15.4. The van der Waals surface area contributed by atoms with Crippen LogP contribution in [0.2, 0.25) is 0 Å². The number of hydrogen-bond donors (Lipinski definition) is 2. The first kappa shape index (κ1) is 25.4. The van der Waals surface area contributed by atoms with Crippen molar-refractivity contribution in [3.8, 4) is 11.5 Å². The summed E-state index contributed by atoms with van der Waals surface area (Å²) in [6.45, 7) is 6.83. The van der Waals surface area contributed by atoms with Gasteiger partial charge in [0.15, 0.2) is 0 Å². The van der Waals surface area contributed by atoms with Gasteiger partial charge in [0.25, 0.3) is 0 Å². The van der Waals surface area contributed by atoms with Crippen LogP contribution in [0.1, 0.15) is 44.7 Å². The third-order valence-corrected chi connectivity index (χ3v) is 5.37. The van der Waals surface area contributed by atoms with Crippen LogP contribution in [0.25, 0.3) is 0 Å². The van der Waals surface area contributed by atoms with Gasteiger partial charge in [-0.05, 0) is 56.2 Å². The Bertz CT molecular complexity index is 801. The fourth-order valence-corrected chi connectivity index (χ4v) is 3.12. The second kappa shape index (κ2) is 12.9. The van der Waals surface area contributed by atoms with E-state index in [1.165, 1.54) is 0 Å². The molecule has 32 heavy (non-hydrogen) atoms. The minimum atomic E-state index is -0.586. The molecule has 2 aromatic rings. The van der Waals surface area contributed by atoms with Crippen molar-refractivity contribution in [2.45, 2.75) is 39.0 Å². The average molecular weight is 443 g/mol. The number of aliphatic hydroxyl groups excluding tert-OH is 2. The quantitative estimate of drug-likeness (QED) is 0.277. The van der Waals surface area contributed by atoms with Crippen LogP contribution in [0, 0.1) is 0 Å². The minimum absolute atomic E-state index is 0.0901. The first-order valence-electron chi connectivity index (χ1n) is 10.9. The van der Waals surface area contributed by atoms with Crippen molar-refractivity contribution >= 4 is 5.97 Å². The molecule has 2 N–H and O–H groups in total. The third kappa shape index (κ3) is 7.11. The zero-order chi connectivity index (χ0) is 23.4. The van der Waals surface area contributed by atoms with Gasteiger partial charge in [0.2, 0.25) is 0 Å². The second-order valence-corrected chi connectivity index (χ2v) is 7.78. The lowest BCUT2D eigenvalue weighted by atomic mass is 9.77. The van der Waals surface area contributed by atoms with Crippen LogP contribution in [0.4, 0.5) is 0 Å². The van der Waals surface area contributed by atoms with E-state index in [0.717, 1.165) is 22.6 Å². The molecule has 0 aliphatic carbocycles. The van der Waals surface area contributed by atoms with Crippen LogP contribution >= 0.6 is 0 Å². The Morgan fingerprint density at radius 3 is 1.69 bits per heavy atom. The molecule has 0 saturated carbocycles. The molecule has 6 nitrogen and oxygen atoms in total. The number of benzene rings is 2. The molecule has 0 atom stereocenters. The number of carbonyl (C=O) groups excluding carboxylic acids is 1. The van der Waals surface area contributed by atoms with Crippen LogP contribution in [0.3, 0.4) is 0 Å². The molecule has 0 fully saturated rings. The summed E-state index contributed by atoms with van der Waals surface area (Å²) in [6.07, 6.45) is 2.88. The molecule has 0 spiro atoms. The number of rotatable bonds is 13. The summed E-state index contributed by atoms with van der Waals surface area (Å²) in [4.78, 5) is 12.3. The Labute approximate surface area is 190 Å². The van der Waals surface area contributed by atoms with Gasteiger partial charge in [-0.1, -0.05) is 30.3 Å². The molecule has 0 amide bonds. The summed E-state index contributed by atoms with van der Waals surface area (Å²) in [5.41, 5.74) is 1.93. The maximum atomic E-state index is 12.3. The molecule has 0 bridgehead atoms. The highest BCUT2D eigenvalue weighted by molar-refractivity contribution is 5.87. The molecule has 2 rings (SSSR count). The molecule has 0 aliphatic heterocycles. The van der Waals surface area contributed by atoms with Crippen molar-refractivity contribution in [3.05, 3.63) is 71.3 Å². The van der Waals surface area contributed by atoms with Crippen molar-refractivity contribution in [2.24, 2.45) is 0 Å². The van der Waals surface area contributed by atoms with Gasteiger partial charge in [-0.2, -0.15) is 0 Å². The summed E-state index contributed by atoms with van der Waals surface area (Å²) < 4.78 is 16.9. The van der Waals surface area contributed by atoms with Crippen LogP contribution in [0.5, 0.6) is 11.5 Å². The lowest BCUT2D eigenvalue weighted by molar-refractivity contribution is -0.140. The molecule has 0 aliphatic rings. The number of ether oxygens (including phenoxy) is 3. The Balaban J connectivity index is 2.27. The number of allylic oxidation sites excluding steroid dienone is 1. The van der Waals surface area contributed by atoms with Crippen molar-refractivity contribution in [3.63, 3.8) is 0 Å². The fraction of sp³-hybridized carbons (Fsp3) is 0.423. The van der Waals surface area contributed by atoms with Gasteiger partial charge >= 0.3 is 5.97 Å². The molecule has 0 radical (unpaired) electrons. The lowest BCUT2D eigenvalue weighted by Gasteiger charge is -2.31. The van der Waals surface area contributed by atoms with E-state index in [4.69, 9.17) is 24.4 Å². The molecule has 0 unspecified atom stereocenters. The summed E-state index contributed by atoms with van der Waals surface area (Å²) in [5.74, 6) is 1.10. The molecule has 6 heteroatoms. The van der Waals surface area contributed by atoms with Gasteiger partial charge in [-0.3, -0.25) is 0 Å². The number of hydrogen-bond acceptors (Lipinski definition) is 6. The summed E-state index contributed by atoms with van der Waals surface area (Å²) in [5, 5.41) is 17.8. The molecule has 0 aromatic heterocycles. The molecular formula is C26H34O6. The van der Waals surface area contributed by atoms with E-state index in [0.29, 0.717) is 31.6 Å². The zero-order valence-corrected chi connectivity index (χ0v) is 19.2. The first-order valence-corrected chi connectivity index (χ1v) is 10.9. The van der Waals surface area contributed by atoms with E-state index in [2.05, 4.69) is 0 Å². The highest BCUT2D eigenvalue weighted by atomic mass is 16.5. The number of esters is 1. The summed E-state index contributed by atoms with van der Waals surface area (Å²) in [6, 6.07) is 15.4. The van der Waals surface area contributed by atoms with Crippen molar-refractivity contribution in [1.29, 1.82) is 0 Å². The predicted molar refractivity (Wildman–Crippen MR) is 124 cm³/mol. The Hall–Kier alpha value is -2.83. The third-order valence-electron chi connectivity index (χ3n) is 5.37. The van der Waals surface area contributed by atoms with E-state index in [9.17, 15) is 4.79 Å². The standard InChI is InChI=1S/C26H34O6/c1-4-20(2)25(29)32-19-26(3,21-7-11-23(12-8-21)30-17-5-15-27)22-9-13-24(14-10-22)31-18-6-16-28/h4,7-14,27-28H,5-6,15-19H2,1-3H3. The Morgan fingerprint density at radius 2 is 1.31 bits per heavy atom. The maximum absolute atomic E-state index is 12.3. The molecule has 174 valence electrons. The fourth-order valence-electron chi connectivity index (χ4n) is 3.12. The Kier molecular flexibility index (Phi) is 10.2. The van der Waals surface area contributed by atoms with Gasteiger partial charge in [0.1, 0.15) is 18.1 Å². The van der Waals surface area contributed by atoms with Crippen LogP contribution in [0.15, 0.2) is 60.2 Å². The van der Waals surface area contributed by atoms with Gasteiger partial charge in [0, 0.05) is 31.6 Å². The zero-order valence-electron chi connectivity index (χ0n) is 19.2. The van der Waals surface area contributed by atoms with E-state index < -0.39 is 5.41 Å². The van der Waals surface area contributed by atoms with Crippen LogP contribution in [-0.4, -0.2) is 49.2 Å². The van der Waals surface area contributed by atoms with Crippen molar-refractivity contribution in [2.75, 3.05) is 33.0 Å². The van der Waals surface area contributed by atoms with E-state index in [1.807, 2.05) is 55.5 Å². The normalized spacial score (nSPS) is 11.8. The summed E-state index contributed by atoms with van der Waals surface area (Å²) >= 11 is 0. The van der Waals surface area contributed by atoms with Crippen molar-refractivity contribution < 1.29 is 29.2 Å². The molecule has 2 aromatic carbocycles. The minimum Gasteiger partial charge on any atom is -0.494 e. The largest absolute Gasteiger partial charge is 0.494 e. The lowest BCUT2D eigenvalue weighted by Crippen LogP contribution is -2.31. The van der Waals surface area contributed by atoms with Gasteiger partial charge in [0.05, 0.1) is 18.6 Å². The number of carbonyl (C=O) groups is 1. The average Bonchev–Trinajstić information content (AvgIpc) is 2.83.